The number of carbonyl (C=O) groups is 2. The van der Waals surface area contributed by atoms with Gasteiger partial charge in [-0.2, -0.15) is 13.2 Å². The van der Waals surface area contributed by atoms with Crippen LogP contribution in [0.25, 0.3) is 0 Å². The third kappa shape index (κ3) is 5.72. The number of benzene rings is 1. The average Bonchev–Trinajstić information content (AvgIpc) is 2.84. The van der Waals surface area contributed by atoms with E-state index in [2.05, 4.69) is 10.6 Å². The number of hydrogen-bond donors (Lipinski definition) is 2. The normalized spacial score (nSPS) is 18.0. The second-order valence-corrected chi connectivity index (χ2v) is 7.46. The van der Waals surface area contributed by atoms with E-state index in [1.165, 1.54) is 18.2 Å². The molecule has 3 amide bonds. The molecule has 2 N–H and O–H groups in total. The fourth-order valence-corrected chi connectivity index (χ4v) is 3.31. The van der Waals surface area contributed by atoms with Crippen molar-refractivity contribution >= 4 is 23.5 Å². The predicted molar refractivity (Wildman–Crippen MR) is 92.0 cm³/mol. The van der Waals surface area contributed by atoms with Gasteiger partial charge in [-0.3, -0.25) is 4.79 Å². The summed E-state index contributed by atoms with van der Waals surface area (Å²) in [5.41, 5.74) is -0.0106. The lowest BCUT2D eigenvalue weighted by atomic mass is 9.84. The zero-order valence-corrected chi connectivity index (χ0v) is 15.5. The first kappa shape index (κ1) is 21.3. The number of nitrogens with one attached hydrogen (secondary N) is 2. The second-order valence-electron chi connectivity index (χ2n) is 7.05. The van der Waals surface area contributed by atoms with E-state index in [0.29, 0.717) is 10.5 Å². The van der Waals surface area contributed by atoms with E-state index in [-0.39, 0.29) is 24.5 Å². The van der Waals surface area contributed by atoms with Crippen molar-refractivity contribution in [1.82, 2.24) is 15.5 Å². The van der Waals surface area contributed by atoms with Crippen molar-refractivity contribution in [2.75, 3.05) is 19.6 Å². The van der Waals surface area contributed by atoms with Crippen molar-refractivity contribution in [3.63, 3.8) is 0 Å². The van der Waals surface area contributed by atoms with Gasteiger partial charge in [0.2, 0.25) is 5.91 Å². The van der Waals surface area contributed by atoms with Crippen LogP contribution in [-0.4, -0.2) is 48.7 Å². The fraction of sp³-hybridized carbons (Fsp3) is 0.529. The number of halogens is 5. The van der Waals surface area contributed by atoms with Gasteiger partial charge >= 0.3 is 12.2 Å². The van der Waals surface area contributed by atoms with Crippen molar-refractivity contribution < 1.29 is 27.2 Å². The molecule has 0 radical (unpaired) electrons. The highest BCUT2D eigenvalue weighted by Crippen LogP contribution is 2.30. The number of nitrogens with zero attached hydrogens (tertiary/aromatic N) is 1. The van der Waals surface area contributed by atoms with E-state index in [9.17, 15) is 27.2 Å². The van der Waals surface area contributed by atoms with Gasteiger partial charge in [0.25, 0.3) is 0 Å². The van der Waals surface area contributed by atoms with Crippen LogP contribution in [0.4, 0.5) is 22.4 Å². The minimum atomic E-state index is -4.48. The predicted octanol–water partition coefficient (Wildman–Crippen LogP) is 3.22. The molecule has 150 valence electrons. The molecule has 1 heterocycles. The van der Waals surface area contributed by atoms with E-state index in [1.807, 2.05) is 0 Å². The lowest BCUT2D eigenvalue weighted by molar-refractivity contribution is -0.157. The molecule has 1 aliphatic rings. The van der Waals surface area contributed by atoms with Gasteiger partial charge in [-0.15, -0.1) is 0 Å². The second kappa shape index (κ2) is 7.92. The summed E-state index contributed by atoms with van der Waals surface area (Å²) in [7, 11) is 0. The van der Waals surface area contributed by atoms with Crippen LogP contribution in [0.15, 0.2) is 18.2 Å². The number of likely N-dealkylation sites (tertiary alicyclic amines) is 1. The molecule has 27 heavy (non-hydrogen) atoms. The number of urea groups is 1. The van der Waals surface area contributed by atoms with Crippen LogP contribution >= 0.6 is 11.6 Å². The van der Waals surface area contributed by atoms with Gasteiger partial charge in [0.05, 0.1) is 0 Å². The van der Waals surface area contributed by atoms with Crippen molar-refractivity contribution in [1.29, 1.82) is 0 Å². The molecule has 0 aromatic heterocycles. The Balaban J connectivity index is 1.90. The first-order chi connectivity index (χ1) is 12.4. The molecule has 1 saturated heterocycles. The Morgan fingerprint density at radius 3 is 2.59 bits per heavy atom. The quantitative estimate of drug-likeness (QED) is 0.733. The van der Waals surface area contributed by atoms with Crippen molar-refractivity contribution in [3.8, 4) is 0 Å². The van der Waals surface area contributed by atoms with E-state index < -0.39 is 41.9 Å². The SMILES string of the molecule is CC(C)(CNC(=O)N[C@@H]1CCN(CC(F)(F)F)C1=O)c1ccc(F)cc1Cl. The van der Waals surface area contributed by atoms with Crippen LogP contribution in [0.5, 0.6) is 0 Å². The molecule has 1 aromatic carbocycles. The summed E-state index contributed by atoms with van der Waals surface area (Å²) in [5, 5.41) is 5.19. The Bertz CT molecular complexity index is 725. The molecule has 0 spiro atoms. The highest BCUT2D eigenvalue weighted by Gasteiger charge is 2.39. The standard InChI is InChI=1S/C17H20ClF4N3O2/c1-16(2,11-4-3-10(19)7-12(11)18)8-23-15(27)24-13-5-6-25(14(13)26)9-17(20,21)22/h3-4,7,13H,5-6,8-9H2,1-2H3,(H2,23,24,27)/t13-/m1/s1. The minimum Gasteiger partial charge on any atom is -0.337 e. The van der Waals surface area contributed by atoms with Crippen LogP contribution in [-0.2, 0) is 10.2 Å². The fourth-order valence-electron chi connectivity index (χ4n) is 2.89. The molecule has 0 aliphatic carbocycles. The van der Waals surface area contributed by atoms with Crippen LogP contribution in [0, 0.1) is 5.82 Å². The topological polar surface area (TPSA) is 61.4 Å². The Kier molecular flexibility index (Phi) is 6.24. The molecule has 0 unspecified atom stereocenters. The molecule has 0 bridgehead atoms. The lowest BCUT2D eigenvalue weighted by Crippen LogP contribution is -2.49. The van der Waals surface area contributed by atoms with E-state index in [0.717, 1.165) is 0 Å². The summed E-state index contributed by atoms with van der Waals surface area (Å²) < 4.78 is 50.4. The summed E-state index contributed by atoms with van der Waals surface area (Å²) in [5.74, 6) is -1.24. The van der Waals surface area contributed by atoms with Crippen molar-refractivity contribution in [2.45, 2.75) is 37.9 Å². The number of alkyl halides is 3. The van der Waals surface area contributed by atoms with Crippen LogP contribution in [0.3, 0.4) is 0 Å². The first-order valence-electron chi connectivity index (χ1n) is 8.24. The Morgan fingerprint density at radius 2 is 2.00 bits per heavy atom. The maximum atomic E-state index is 13.2. The Morgan fingerprint density at radius 1 is 1.33 bits per heavy atom. The summed E-state index contributed by atoms with van der Waals surface area (Å²) in [6, 6.07) is 2.28. The van der Waals surface area contributed by atoms with Crippen molar-refractivity contribution in [2.24, 2.45) is 0 Å². The highest BCUT2D eigenvalue weighted by atomic mass is 35.5. The molecular weight excluding hydrogens is 390 g/mol. The van der Waals surface area contributed by atoms with Crippen LogP contribution in [0.2, 0.25) is 5.02 Å². The van der Waals surface area contributed by atoms with E-state index in [4.69, 9.17) is 11.6 Å². The number of amides is 3. The smallest absolute Gasteiger partial charge is 0.337 e. The number of hydrogen-bond acceptors (Lipinski definition) is 2. The zero-order chi connectivity index (χ0) is 20.4. The maximum absolute atomic E-state index is 13.2. The third-order valence-corrected chi connectivity index (χ3v) is 4.64. The zero-order valence-electron chi connectivity index (χ0n) is 14.8. The van der Waals surface area contributed by atoms with Gasteiger partial charge in [0, 0.05) is 23.5 Å². The van der Waals surface area contributed by atoms with E-state index in [1.54, 1.807) is 13.8 Å². The summed E-state index contributed by atoms with van der Waals surface area (Å²) in [6.45, 7) is 2.30. The third-order valence-electron chi connectivity index (χ3n) is 4.32. The van der Waals surface area contributed by atoms with E-state index >= 15 is 0 Å². The maximum Gasteiger partial charge on any atom is 0.406 e. The molecular formula is C17H20ClF4N3O2. The van der Waals surface area contributed by atoms with Crippen LogP contribution in [0.1, 0.15) is 25.8 Å². The largest absolute Gasteiger partial charge is 0.406 e. The van der Waals surface area contributed by atoms with Gasteiger partial charge in [0.1, 0.15) is 18.4 Å². The lowest BCUT2D eigenvalue weighted by Gasteiger charge is -2.27. The average molecular weight is 410 g/mol. The van der Waals surface area contributed by atoms with Gasteiger partial charge < -0.3 is 15.5 Å². The number of rotatable bonds is 5. The summed E-state index contributed by atoms with van der Waals surface area (Å²) >= 11 is 6.04. The summed E-state index contributed by atoms with van der Waals surface area (Å²) in [4.78, 5) is 24.7. The van der Waals surface area contributed by atoms with Gasteiger partial charge in [0.15, 0.2) is 0 Å². The highest BCUT2D eigenvalue weighted by molar-refractivity contribution is 6.31. The summed E-state index contributed by atoms with van der Waals surface area (Å²) in [6.07, 6.45) is -4.37. The molecule has 1 atom stereocenters. The monoisotopic (exact) mass is 409 g/mol. The molecule has 0 saturated carbocycles. The molecule has 1 fully saturated rings. The molecule has 10 heteroatoms. The van der Waals surface area contributed by atoms with Gasteiger partial charge in [-0.1, -0.05) is 31.5 Å². The van der Waals surface area contributed by atoms with Crippen molar-refractivity contribution in [3.05, 3.63) is 34.6 Å². The van der Waals surface area contributed by atoms with Gasteiger partial charge in [-0.25, -0.2) is 9.18 Å². The molecule has 1 aliphatic heterocycles. The first-order valence-corrected chi connectivity index (χ1v) is 8.62. The Hall–Kier alpha value is -2.03. The van der Waals surface area contributed by atoms with Gasteiger partial charge in [-0.05, 0) is 24.1 Å². The van der Waals surface area contributed by atoms with Crippen LogP contribution < -0.4 is 10.6 Å². The molecule has 5 nitrogen and oxygen atoms in total. The molecule has 2 rings (SSSR count). The molecule has 1 aromatic rings. The minimum absolute atomic E-state index is 0.0695. The number of carbonyl (C=O) groups excluding carboxylic acids is 2. The Labute approximate surface area is 159 Å².